The first kappa shape index (κ1) is 18.3. The van der Waals surface area contributed by atoms with Crippen LogP contribution >= 0.6 is 11.3 Å². The fourth-order valence-electron chi connectivity index (χ4n) is 2.91. The van der Waals surface area contributed by atoms with E-state index in [1.54, 1.807) is 7.05 Å². The summed E-state index contributed by atoms with van der Waals surface area (Å²) in [6.07, 6.45) is 0. The summed E-state index contributed by atoms with van der Waals surface area (Å²) in [7, 11) is 1.80. The number of benzene rings is 2. The lowest BCUT2D eigenvalue weighted by molar-refractivity contribution is -0.119. The highest BCUT2D eigenvalue weighted by Gasteiger charge is 2.25. The Morgan fingerprint density at radius 3 is 2.71 bits per heavy atom. The molecule has 4 aromatic rings. The van der Waals surface area contributed by atoms with Gasteiger partial charge >= 0.3 is 0 Å². The Morgan fingerprint density at radius 1 is 1.14 bits per heavy atom. The number of amides is 1. The maximum atomic E-state index is 11.8. The third-order valence-electron chi connectivity index (χ3n) is 4.16. The van der Waals surface area contributed by atoms with E-state index < -0.39 is 6.04 Å². The number of aromatic nitrogens is 3. The highest BCUT2D eigenvalue weighted by molar-refractivity contribution is 7.18. The zero-order chi connectivity index (χ0) is 19.5. The van der Waals surface area contributed by atoms with Gasteiger partial charge < -0.3 is 15.1 Å². The summed E-state index contributed by atoms with van der Waals surface area (Å²) in [5.41, 5.74) is 3.13. The van der Waals surface area contributed by atoms with Crippen LogP contribution in [0.1, 0.15) is 29.8 Å². The molecule has 0 spiro atoms. The van der Waals surface area contributed by atoms with Gasteiger partial charge in [0.2, 0.25) is 17.7 Å². The first-order valence-electron chi connectivity index (χ1n) is 8.84. The normalized spacial score (nSPS) is 12.2. The summed E-state index contributed by atoms with van der Waals surface area (Å²) in [6, 6.07) is 15.7. The Hall–Kier alpha value is -3.10. The van der Waals surface area contributed by atoms with Crippen molar-refractivity contribution in [2.75, 3.05) is 7.05 Å². The number of carbonyl (C=O) groups excluding carboxylic acids is 1. The number of nitrogens with one attached hydrogen (secondary N) is 2. The Kier molecular flexibility index (Phi) is 5.14. The van der Waals surface area contributed by atoms with E-state index in [-0.39, 0.29) is 5.91 Å². The van der Waals surface area contributed by atoms with E-state index in [0.29, 0.717) is 23.3 Å². The van der Waals surface area contributed by atoms with Gasteiger partial charge in [-0.15, -0.1) is 21.5 Å². The predicted molar refractivity (Wildman–Crippen MR) is 108 cm³/mol. The first-order valence-corrected chi connectivity index (χ1v) is 9.65. The lowest BCUT2D eigenvalue weighted by Crippen LogP contribution is -2.27. The highest BCUT2D eigenvalue weighted by atomic mass is 32.1. The predicted octanol–water partition coefficient (Wildman–Crippen LogP) is 3.29. The van der Waals surface area contributed by atoms with E-state index in [9.17, 15) is 4.79 Å². The van der Waals surface area contributed by atoms with Gasteiger partial charge in [-0.3, -0.25) is 4.79 Å². The van der Waals surface area contributed by atoms with Crippen LogP contribution in [0.4, 0.5) is 0 Å². The van der Waals surface area contributed by atoms with Crippen LogP contribution in [0.3, 0.4) is 0 Å². The van der Waals surface area contributed by atoms with Gasteiger partial charge in [-0.1, -0.05) is 36.4 Å². The summed E-state index contributed by atoms with van der Waals surface area (Å²) >= 11 is 1.50. The Bertz CT molecular complexity index is 1110. The minimum Gasteiger partial charge on any atom is -0.421 e. The quantitative estimate of drug-likeness (QED) is 0.522. The lowest BCUT2D eigenvalue weighted by atomic mass is 10.1. The fourth-order valence-corrected chi connectivity index (χ4v) is 3.97. The van der Waals surface area contributed by atoms with Crippen molar-refractivity contribution in [1.82, 2.24) is 25.8 Å². The van der Waals surface area contributed by atoms with Crippen LogP contribution < -0.4 is 10.6 Å². The average Bonchev–Trinajstić information content (AvgIpc) is 3.33. The Balaban J connectivity index is 1.72. The van der Waals surface area contributed by atoms with Crippen LogP contribution in [0.15, 0.2) is 52.9 Å². The zero-order valence-electron chi connectivity index (χ0n) is 15.5. The van der Waals surface area contributed by atoms with Crippen LogP contribution in [0.2, 0.25) is 0 Å². The van der Waals surface area contributed by atoms with Crippen molar-refractivity contribution in [1.29, 1.82) is 0 Å². The van der Waals surface area contributed by atoms with Crippen molar-refractivity contribution in [2.24, 2.45) is 0 Å². The molecule has 0 aliphatic heterocycles. The molecule has 0 aliphatic carbocycles. The smallest absolute Gasteiger partial charge is 0.245 e. The van der Waals surface area contributed by atoms with Crippen LogP contribution in [0, 0.1) is 0 Å². The fraction of sp³-hybridized carbons (Fsp3) is 0.200. The van der Waals surface area contributed by atoms with E-state index in [1.807, 2.05) is 30.3 Å². The van der Waals surface area contributed by atoms with Gasteiger partial charge in [-0.05, 0) is 30.3 Å². The maximum absolute atomic E-state index is 11.8. The molecule has 0 saturated carbocycles. The molecule has 1 amide bonds. The largest absolute Gasteiger partial charge is 0.421 e. The van der Waals surface area contributed by atoms with Crippen molar-refractivity contribution >= 4 is 27.5 Å². The molecule has 1 atom stereocenters. The monoisotopic (exact) mass is 393 g/mol. The SMILES string of the molecule is CNCc1nnc(C(NC(C)=O)c2nc3ccc(-c4ccccc4)cc3s2)o1. The molecule has 2 aromatic heterocycles. The molecule has 1 unspecified atom stereocenters. The molecule has 0 saturated heterocycles. The van der Waals surface area contributed by atoms with Crippen molar-refractivity contribution in [3.05, 3.63) is 65.3 Å². The van der Waals surface area contributed by atoms with Crippen LogP contribution in [0.5, 0.6) is 0 Å². The van der Waals surface area contributed by atoms with E-state index >= 15 is 0 Å². The number of carbonyl (C=O) groups is 1. The highest BCUT2D eigenvalue weighted by Crippen LogP contribution is 2.32. The van der Waals surface area contributed by atoms with Crippen molar-refractivity contribution in [2.45, 2.75) is 19.5 Å². The van der Waals surface area contributed by atoms with Gasteiger partial charge in [0.25, 0.3) is 0 Å². The standard InChI is InChI=1S/C20H19N5O2S/c1-12(26)22-18(19-25-24-17(27-19)11-21-2)20-23-15-9-8-14(10-16(15)28-20)13-6-4-3-5-7-13/h3-10,18,21H,11H2,1-2H3,(H,22,26). The van der Waals surface area contributed by atoms with Crippen LogP contribution in [0.25, 0.3) is 21.3 Å². The van der Waals surface area contributed by atoms with E-state index in [1.165, 1.54) is 18.3 Å². The summed E-state index contributed by atoms with van der Waals surface area (Å²) in [4.78, 5) is 16.4. The summed E-state index contributed by atoms with van der Waals surface area (Å²) in [5, 5.41) is 14.6. The molecule has 0 bridgehead atoms. The van der Waals surface area contributed by atoms with E-state index in [4.69, 9.17) is 9.40 Å². The third kappa shape index (κ3) is 3.78. The Labute approximate surface area is 165 Å². The molecule has 2 aromatic carbocycles. The molecule has 0 fully saturated rings. The average molecular weight is 393 g/mol. The van der Waals surface area contributed by atoms with Crippen molar-refractivity contribution in [3.63, 3.8) is 0 Å². The second-order valence-electron chi connectivity index (χ2n) is 6.30. The maximum Gasteiger partial charge on any atom is 0.245 e. The molecule has 0 radical (unpaired) electrons. The number of thiazole rings is 1. The minimum absolute atomic E-state index is 0.192. The Morgan fingerprint density at radius 2 is 1.96 bits per heavy atom. The number of fused-ring (bicyclic) bond motifs is 1. The molecular formula is C20H19N5O2S. The topological polar surface area (TPSA) is 92.9 Å². The number of rotatable bonds is 6. The summed E-state index contributed by atoms with van der Waals surface area (Å²) < 4.78 is 6.73. The van der Waals surface area contributed by atoms with Gasteiger partial charge in [-0.2, -0.15) is 0 Å². The van der Waals surface area contributed by atoms with Gasteiger partial charge in [0.15, 0.2) is 6.04 Å². The molecule has 2 N–H and O–H groups in total. The van der Waals surface area contributed by atoms with E-state index in [0.717, 1.165) is 21.3 Å². The molecule has 7 nitrogen and oxygen atoms in total. The third-order valence-corrected chi connectivity index (χ3v) is 5.25. The molecule has 0 aliphatic rings. The van der Waals surface area contributed by atoms with Gasteiger partial charge in [-0.25, -0.2) is 4.98 Å². The summed E-state index contributed by atoms with van der Waals surface area (Å²) in [6.45, 7) is 1.92. The zero-order valence-corrected chi connectivity index (χ0v) is 16.3. The number of nitrogens with zero attached hydrogens (tertiary/aromatic N) is 3. The van der Waals surface area contributed by atoms with E-state index in [2.05, 4.69) is 39.0 Å². The van der Waals surface area contributed by atoms with Crippen LogP contribution in [-0.2, 0) is 11.3 Å². The molecule has 4 rings (SSSR count). The van der Waals surface area contributed by atoms with Crippen LogP contribution in [-0.4, -0.2) is 28.1 Å². The number of hydrogen-bond acceptors (Lipinski definition) is 7. The lowest BCUT2D eigenvalue weighted by Gasteiger charge is -2.10. The second kappa shape index (κ2) is 7.87. The number of hydrogen-bond donors (Lipinski definition) is 2. The minimum atomic E-state index is -0.576. The molecule has 142 valence electrons. The van der Waals surface area contributed by atoms with Crippen molar-refractivity contribution < 1.29 is 9.21 Å². The van der Waals surface area contributed by atoms with Gasteiger partial charge in [0.1, 0.15) is 5.01 Å². The molecular weight excluding hydrogens is 374 g/mol. The molecule has 2 heterocycles. The molecule has 28 heavy (non-hydrogen) atoms. The molecule has 8 heteroatoms. The van der Waals surface area contributed by atoms with Gasteiger partial charge in [0, 0.05) is 6.92 Å². The van der Waals surface area contributed by atoms with Crippen molar-refractivity contribution in [3.8, 4) is 11.1 Å². The first-order chi connectivity index (χ1) is 13.6. The second-order valence-corrected chi connectivity index (χ2v) is 7.36. The van der Waals surface area contributed by atoms with Gasteiger partial charge in [0.05, 0.1) is 16.8 Å². The summed E-state index contributed by atoms with van der Waals surface area (Å²) in [5.74, 6) is 0.589.